The molecule has 1 saturated heterocycles. The van der Waals surface area contributed by atoms with Crippen molar-refractivity contribution in [3.8, 4) is 5.82 Å². The highest BCUT2D eigenvalue weighted by Crippen LogP contribution is 2.20. The van der Waals surface area contributed by atoms with E-state index in [0.29, 0.717) is 0 Å². The van der Waals surface area contributed by atoms with Gasteiger partial charge in [0.25, 0.3) is 0 Å². The van der Waals surface area contributed by atoms with E-state index in [9.17, 15) is 8.42 Å². The predicted octanol–water partition coefficient (Wildman–Crippen LogP) is 2.13. The Bertz CT molecular complexity index is 1060. The van der Waals surface area contributed by atoms with E-state index in [0.717, 1.165) is 49.8 Å². The van der Waals surface area contributed by atoms with E-state index in [1.54, 1.807) is 10.9 Å². The number of piperazine rings is 1. The van der Waals surface area contributed by atoms with Crippen LogP contribution in [0.3, 0.4) is 0 Å². The molecule has 0 aliphatic carbocycles. The zero-order valence-electron chi connectivity index (χ0n) is 16.5. The van der Waals surface area contributed by atoms with Crippen LogP contribution in [0.2, 0.25) is 0 Å². The number of aromatic nitrogens is 3. The van der Waals surface area contributed by atoms with Crippen molar-refractivity contribution in [3.63, 3.8) is 0 Å². The number of anilines is 1. The molecule has 8 heteroatoms. The first kappa shape index (κ1) is 19.6. The van der Waals surface area contributed by atoms with Crippen LogP contribution in [0.4, 0.5) is 5.69 Å². The molecule has 0 saturated carbocycles. The Morgan fingerprint density at radius 1 is 1.00 bits per heavy atom. The second kappa shape index (κ2) is 8.34. The van der Waals surface area contributed by atoms with Gasteiger partial charge >= 0.3 is 0 Å². The fraction of sp³-hybridized carbons (Fsp3) is 0.333. The van der Waals surface area contributed by atoms with E-state index < -0.39 is 9.84 Å². The number of hydrogen-bond acceptors (Lipinski definition) is 6. The fourth-order valence-corrected chi connectivity index (χ4v) is 4.41. The first-order valence-electron chi connectivity index (χ1n) is 9.65. The van der Waals surface area contributed by atoms with Crippen LogP contribution >= 0.6 is 0 Å². The maximum atomic E-state index is 11.6. The SMILES string of the molecule is CS(=O)(=O)Cc1cccc(N2CCN(Cc3cnn(-c4ccccn4)c3)CC2)c1. The molecule has 7 nitrogen and oxygen atoms in total. The third kappa shape index (κ3) is 5.21. The molecule has 0 N–H and O–H groups in total. The lowest BCUT2D eigenvalue weighted by Crippen LogP contribution is -2.45. The summed E-state index contributed by atoms with van der Waals surface area (Å²) in [5, 5.41) is 4.42. The van der Waals surface area contributed by atoms with Gasteiger partial charge in [-0.25, -0.2) is 18.1 Å². The van der Waals surface area contributed by atoms with E-state index in [2.05, 4.69) is 25.9 Å². The second-order valence-electron chi connectivity index (χ2n) is 7.48. The molecule has 1 aliphatic heterocycles. The van der Waals surface area contributed by atoms with Crippen molar-refractivity contribution < 1.29 is 8.42 Å². The molecule has 0 amide bonds. The van der Waals surface area contributed by atoms with Crippen LogP contribution < -0.4 is 4.90 Å². The number of hydrogen-bond donors (Lipinski definition) is 0. The number of nitrogens with zero attached hydrogens (tertiary/aromatic N) is 5. The monoisotopic (exact) mass is 411 g/mol. The predicted molar refractivity (Wildman–Crippen MR) is 114 cm³/mol. The third-order valence-corrected chi connectivity index (χ3v) is 5.86. The molecule has 0 spiro atoms. The van der Waals surface area contributed by atoms with Crippen LogP contribution in [0, 0.1) is 0 Å². The second-order valence-corrected chi connectivity index (χ2v) is 9.62. The van der Waals surface area contributed by atoms with Crippen LogP contribution in [0.25, 0.3) is 5.82 Å². The zero-order chi connectivity index (χ0) is 20.3. The number of rotatable bonds is 6. The Labute approximate surface area is 171 Å². The van der Waals surface area contributed by atoms with Crippen LogP contribution in [0.15, 0.2) is 61.1 Å². The number of benzene rings is 1. The molecule has 0 radical (unpaired) electrons. The minimum Gasteiger partial charge on any atom is -0.369 e. The quantitative estimate of drug-likeness (QED) is 0.619. The Morgan fingerprint density at radius 2 is 1.83 bits per heavy atom. The summed E-state index contributed by atoms with van der Waals surface area (Å²) in [6.45, 7) is 4.58. The van der Waals surface area contributed by atoms with Gasteiger partial charge in [0.2, 0.25) is 0 Å². The summed E-state index contributed by atoms with van der Waals surface area (Å²) >= 11 is 0. The summed E-state index contributed by atoms with van der Waals surface area (Å²) < 4.78 is 24.9. The van der Waals surface area contributed by atoms with Crippen molar-refractivity contribution >= 4 is 15.5 Å². The molecular formula is C21H25N5O2S. The highest BCUT2D eigenvalue weighted by molar-refractivity contribution is 7.89. The fourth-order valence-electron chi connectivity index (χ4n) is 3.62. The minimum atomic E-state index is -3.03. The maximum Gasteiger partial charge on any atom is 0.153 e. The average Bonchev–Trinajstić information content (AvgIpc) is 3.17. The van der Waals surface area contributed by atoms with Gasteiger partial charge in [-0.3, -0.25) is 4.90 Å². The molecule has 0 unspecified atom stereocenters. The van der Waals surface area contributed by atoms with E-state index in [-0.39, 0.29) is 5.75 Å². The molecule has 29 heavy (non-hydrogen) atoms. The summed E-state index contributed by atoms with van der Waals surface area (Å²) in [7, 11) is -3.03. The number of pyridine rings is 1. The lowest BCUT2D eigenvalue weighted by molar-refractivity contribution is 0.250. The van der Waals surface area contributed by atoms with Gasteiger partial charge in [0.1, 0.15) is 0 Å². The van der Waals surface area contributed by atoms with Gasteiger partial charge in [0.05, 0.1) is 11.9 Å². The van der Waals surface area contributed by atoms with E-state index in [1.807, 2.05) is 48.8 Å². The molecule has 0 bridgehead atoms. The summed E-state index contributed by atoms with van der Waals surface area (Å²) in [5.74, 6) is 0.902. The van der Waals surface area contributed by atoms with Crippen LogP contribution in [0.1, 0.15) is 11.1 Å². The smallest absolute Gasteiger partial charge is 0.153 e. The topological polar surface area (TPSA) is 71.3 Å². The first-order chi connectivity index (χ1) is 14.0. The zero-order valence-corrected chi connectivity index (χ0v) is 17.3. The van der Waals surface area contributed by atoms with Crippen molar-refractivity contribution in [1.82, 2.24) is 19.7 Å². The molecule has 152 valence electrons. The maximum absolute atomic E-state index is 11.6. The van der Waals surface area contributed by atoms with Crippen molar-refractivity contribution in [3.05, 3.63) is 72.2 Å². The normalized spacial score (nSPS) is 15.6. The van der Waals surface area contributed by atoms with E-state index >= 15 is 0 Å². The Kier molecular flexibility index (Phi) is 5.64. The van der Waals surface area contributed by atoms with Gasteiger partial charge in [0.15, 0.2) is 15.7 Å². The van der Waals surface area contributed by atoms with Crippen molar-refractivity contribution in [1.29, 1.82) is 0 Å². The van der Waals surface area contributed by atoms with E-state index in [1.165, 1.54) is 11.8 Å². The molecule has 4 rings (SSSR count). The van der Waals surface area contributed by atoms with Gasteiger partial charge in [-0.05, 0) is 29.8 Å². The van der Waals surface area contributed by atoms with Crippen molar-refractivity contribution in [2.75, 3.05) is 37.3 Å². The molecule has 1 aliphatic rings. The lowest BCUT2D eigenvalue weighted by Gasteiger charge is -2.36. The van der Waals surface area contributed by atoms with Gasteiger partial charge < -0.3 is 4.90 Å². The highest BCUT2D eigenvalue weighted by Gasteiger charge is 2.18. The summed E-state index contributed by atoms with van der Waals surface area (Å²) in [6.07, 6.45) is 6.97. The Morgan fingerprint density at radius 3 is 2.55 bits per heavy atom. The molecule has 3 heterocycles. The van der Waals surface area contributed by atoms with Gasteiger partial charge in [-0.15, -0.1) is 0 Å². The van der Waals surface area contributed by atoms with Crippen molar-refractivity contribution in [2.24, 2.45) is 0 Å². The van der Waals surface area contributed by atoms with Crippen molar-refractivity contribution in [2.45, 2.75) is 12.3 Å². The molecule has 1 aromatic carbocycles. The van der Waals surface area contributed by atoms with E-state index in [4.69, 9.17) is 0 Å². The Balaban J connectivity index is 1.34. The first-order valence-corrected chi connectivity index (χ1v) is 11.7. The average molecular weight is 412 g/mol. The lowest BCUT2D eigenvalue weighted by atomic mass is 10.2. The molecule has 2 aromatic heterocycles. The number of sulfone groups is 1. The highest BCUT2D eigenvalue weighted by atomic mass is 32.2. The Hall–Kier alpha value is -2.71. The minimum absolute atomic E-state index is 0.0844. The molecule has 1 fully saturated rings. The third-order valence-electron chi connectivity index (χ3n) is 5.00. The summed E-state index contributed by atoms with van der Waals surface area (Å²) in [4.78, 5) is 9.06. The van der Waals surface area contributed by atoms with Crippen LogP contribution in [0.5, 0.6) is 0 Å². The van der Waals surface area contributed by atoms with Gasteiger partial charge in [-0.2, -0.15) is 5.10 Å². The van der Waals surface area contributed by atoms with Gasteiger partial charge in [0, 0.05) is 62.6 Å². The van der Waals surface area contributed by atoms with Crippen LogP contribution in [-0.2, 0) is 22.1 Å². The molecular weight excluding hydrogens is 386 g/mol. The largest absolute Gasteiger partial charge is 0.369 e. The summed E-state index contributed by atoms with van der Waals surface area (Å²) in [5.41, 5.74) is 3.10. The summed E-state index contributed by atoms with van der Waals surface area (Å²) in [6, 6.07) is 13.6. The molecule has 0 atom stereocenters. The van der Waals surface area contributed by atoms with Crippen LogP contribution in [-0.4, -0.2) is 60.5 Å². The molecule has 3 aromatic rings. The standard InChI is InChI=1S/C21H25N5O2S/c1-29(27,28)17-18-5-4-6-20(13-18)25-11-9-24(10-12-25)15-19-14-23-26(16-19)21-7-2-3-8-22-21/h2-8,13-14,16H,9-12,15,17H2,1H3. The van der Waals surface area contributed by atoms with Gasteiger partial charge in [-0.1, -0.05) is 18.2 Å².